The van der Waals surface area contributed by atoms with E-state index in [1.54, 1.807) is 0 Å². The van der Waals surface area contributed by atoms with E-state index in [-0.39, 0.29) is 0 Å². The summed E-state index contributed by atoms with van der Waals surface area (Å²) in [6, 6.07) is 19.1. The predicted octanol–water partition coefficient (Wildman–Crippen LogP) is 4.11. The van der Waals surface area contributed by atoms with E-state index in [0.29, 0.717) is 12.6 Å². The molecular formula is C18H23NO. The van der Waals surface area contributed by atoms with E-state index in [4.69, 9.17) is 4.74 Å². The number of nitrogens with one attached hydrogen (secondary N) is 1. The smallest absolute Gasteiger partial charge is 0.119 e. The van der Waals surface area contributed by atoms with Crippen molar-refractivity contribution in [3.05, 3.63) is 65.7 Å². The van der Waals surface area contributed by atoms with E-state index < -0.39 is 0 Å². The fourth-order valence-corrected chi connectivity index (χ4v) is 2.22. The van der Waals surface area contributed by atoms with Gasteiger partial charge in [-0.15, -0.1) is 0 Å². The third-order valence-corrected chi connectivity index (χ3v) is 3.39. The number of ether oxygens (including phenoxy) is 1. The van der Waals surface area contributed by atoms with Gasteiger partial charge in [0, 0.05) is 12.6 Å². The van der Waals surface area contributed by atoms with Crippen LogP contribution in [0.3, 0.4) is 0 Å². The van der Waals surface area contributed by atoms with E-state index >= 15 is 0 Å². The van der Waals surface area contributed by atoms with Gasteiger partial charge in [-0.25, -0.2) is 0 Å². The molecule has 0 aromatic heterocycles. The zero-order chi connectivity index (χ0) is 14.2. The molecule has 1 N–H and O–H groups in total. The van der Waals surface area contributed by atoms with Gasteiger partial charge in [-0.1, -0.05) is 55.0 Å². The summed E-state index contributed by atoms with van der Waals surface area (Å²) in [4.78, 5) is 0. The van der Waals surface area contributed by atoms with Crippen molar-refractivity contribution in [1.82, 2.24) is 5.32 Å². The van der Waals surface area contributed by atoms with Crippen LogP contribution in [0.25, 0.3) is 0 Å². The molecule has 2 aromatic carbocycles. The molecule has 20 heavy (non-hydrogen) atoms. The van der Waals surface area contributed by atoms with Crippen molar-refractivity contribution in [2.24, 2.45) is 0 Å². The van der Waals surface area contributed by atoms with Crippen LogP contribution >= 0.6 is 0 Å². The highest BCUT2D eigenvalue weighted by Crippen LogP contribution is 2.16. The maximum absolute atomic E-state index is 5.69. The highest BCUT2D eigenvalue weighted by Gasteiger charge is 2.07. The van der Waals surface area contributed by atoms with Gasteiger partial charge in [-0.2, -0.15) is 0 Å². The second-order valence-electron chi connectivity index (χ2n) is 4.99. The van der Waals surface area contributed by atoms with Crippen LogP contribution in [0.2, 0.25) is 0 Å². The van der Waals surface area contributed by atoms with Crippen molar-refractivity contribution < 1.29 is 4.74 Å². The number of hydrogen-bond acceptors (Lipinski definition) is 2. The van der Waals surface area contributed by atoms with E-state index in [1.165, 1.54) is 11.1 Å². The minimum atomic E-state index is 0.398. The lowest BCUT2D eigenvalue weighted by atomic mass is 10.0. The molecule has 0 heterocycles. The lowest BCUT2D eigenvalue weighted by Gasteiger charge is -2.18. The predicted molar refractivity (Wildman–Crippen MR) is 84.2 cm³/mol. The first kappa shape index (κ1) is 14.6. The first-order valence-electron chi connectivity index (χ1n) is 7.27. The van der Waals surface area contributed by atoms with Crippen molar-refractivity contribution in [2.45, 2.75) is 26.3 Å². The van der Waals surface area contributed by atoms with Crippen LogP contribution in [0, 0.1) is 6.92 Å². The number of hydrogen-bond donors (Lipinski definition) is 1. The van der Waals surface area contributed by atoms with Crippen LogP contribution in [-0.2, 0) is 0 Å². The third-order valence-electron chi connectivity index (χ3n) is 3.39. The van der Waals surface area contributed by atoms with Crippen molar-refractivity contribution in [1.29, 1.82) is 0 Å². The number of benzene rings is 2. The van der Waals surface area contributed by atoms with Crippen LogP contribution in [0.1, 0.15) is 30.5 Å². The summed E-state index contributed by atoms with van der Waals surface area (Å²) >= 11 is 0. The van der Waals surface area contributed by atoms with Crippen LogP contribution in [0.5, 0.6) is 5.75 Å². The first-order valence-corrected chi connectivity index (χ1v) is 7.27. The van der Waals surface area contributed by atoms with Gasteiger partial charge in [-0.3, -0.25) is 0 Å². The van der Waals surface area contributed by atoms with Gasteiger partial charge in [0.15, 0.2) is 0 Å². The maximum Gasteiger partial charge on any atom is 0.119 e. The molecule has 1 unspecified atom stereocenters. The molecule has 0 radical (unpaired) electrons. The number of aryl methyl sites for hydroxylation is 1. The maximum atomic E-state index is 5.69. The summed E-state index contributed by atoms with van der Waals surface area (Å²) in [7, 11) is 0. The highest BCUT2D eigenvalue weighted by molar-refractivity contribution is 5.24. The van der Waals surface area contributed by atoms with Gasteiger partial charge in [0.25, 0.3) is 0 Å². The SMILES string of the molecule is CCC(NCCOc1ccccc1)c1ccc(C)cc1. The molecule has 0 saturated carbocycles. The van der Waals surface area contributed by atoms with E-state index in [2.05, 4.69) is 43.4 Å². The molecule has 0 aliphatic heterocycles. The summed E-state index contributed by atoms with van der Waals surface area (Å²) in [5, 5.41) is 3.55. The summed E-state index contributed by atoms with van der Waals surface area (Å²) in [6.45, 7) is 5.86. The molecule has 0 spiro atoms. The van der Waals surface area contributed by atoms with Gasteiger partial charge in [0.2, 0.25) is 0 Å². The molecule has 0 saturated heterocycles. The number of para-hydroxylation sites is 1. The molecule has 2 rings (SSSR count). The molecule has 2 heteroatoms. The standard InChI is InChI=1S/C18H23NO/c1-3-18(16-11-9-15(2)10-12-16)19-13-14-20-17-7-5-4-6-8-17/h4-12,18-19H,3,13-14H2,1-2H3. The molecule has 2 nitrogen and oxygen atoms in total. The quantitative estimate of drug-likeness (QED) is 0.764. The van der Waals surface area contributed by atoms with Crippen molar-refractivity contribution in [3.63, 3.8) is 0 Å². The summed E-state index contributed by atoms with van der Waals surface area (Å²) in [5.41, 5.74) is 2.65. The van der Waals surface area contributed by atoms with E-state index in [1.807, 2.05) is 30.3 Å². The summed E-state index contributed by atoms with van der Waals surface area (Å²) in [5.74, 6) is 0.928. The molecule has 0 amide bonds. The lowest BCUT2D eigenvalue weighted by Crippen LogP contribution is -2.25. The van der Waals surface area contributed by atoms with Gasteiger partial charge >= 0.3 is 0 Å². The Morgan fingerprint density at radius 2 is 1.70 bits per heavy atom. The van der Waals surface area contributed by atoms with Crippen LogP contribution in [0.4, 0.5) is 0 Å². The largest absolute Gasteiger partial charge is 0.492 e. The van der Waals surface area contributed by atoms with Crippen LogP contribution in [-0.4, -0.2) is 13.2 Å². The monoisotopic (exact) mass is 269 g/mol. The molecule has 2 aromatic rings. The van der Waals surface area contributed by atoms with Crippen molar-refractivity contribution in [2.75, 3.05) is 13.2 Å². The molecular weight excluding hydrogens is 246 g/mol. The topological polar surface area (TPSA) is 21.3 Å². The molecule has 0 aliphatic carbocycles. The Morgan fingerprint density at radius 1 is 1.00 bits per heavy atom. The molecule has 0 aliphatic rings. The zero-order valence-electron chi connectivity index (χ0n) is 12.3. The number of rotatable bonds is 7. The Morgan fingerprint density at radius 3 is 2.35 bits per heavy atom. The minimum absolute atomic E-state index is 0.398. The summed E-state index contributed by atoms with van der Waals surface area (Å²) < 4.78 is 5.69. The minimum Gasteiger partial charge on any atom is -0.492 e. The van der Waals surface area contributed by atoms with Crippen molar-refractivity contribution >= 4 is 0 Å². The fraction of sp³-hybridized carbons (Fsp3) is 0.333. The van der Waals surface area contributed by atoms with E-state index in [9.17, 15) is 0 Å². The summed E-state index contributed by atoms with van der Waals surface area (Å²) in [6.07, 6.45) is 1.08. The van der Waals surface area contributed by atoms with Crippen molar-refractivity contribution in [3.8, 4) is 5.75 Å². The van der Waals surface area contributed by atoms with Gasteiger partial charge in [0.1, 0.15) is 12.4 Å². The fourth-order valence-electron chi connectivity index (χ4n) is 2.22. The van der Waals surface area contributed by atoms with Crippen LogP contribution < -0.4 is 10.1 Å². The Kier molecular flexibility index (Phi) is 5.63. The second-order valence-corrected chi connectivity index (χ2v) is 4.99. The normalized spacial score (nSPS) is 12.1. The third kappa shape index (κ3) is 4.39. The highest BCUT2D eigenvalue weighted by atomic mass is 16.5. The molecule has 1 atom stereocenters. The van der Waals surface area contributed by atoms with Gasteiger partial charge in [0.05, 0.1) is 0 Å². The second kappa shape index (κ2) is 7.71. The molecule has 0 fully saturated rings. The Balaban J connectivity index is 1.78. The van der Waals surface area contributed by atoms with Crippen LogP contribution in [0.15, 0.2) is 54.6 Å². The Bertz CT molecular complexity index is 493. The van der Waals surface area contributed by atoms with Gasteiger partial charge in [-0.05, 0) is 31.0 Å². The zero-order valence-corrected chi connectivity index (χ0v) is 12.3. The molecule has 106 valence electrons. The Hall–Kier alpha value is -1.80. The molecule has 0 bridgehead atoms. The van der Waals surface area contributed by atoms with E-state index in [0.717, 1.165) is 18.7 Å². The Labute approximate surface area is 121 Å². The lowest BCUT2D eigenvalue weighted by molar-refractivity contribution is 0.304. The average molecular weight is 269 g/mol. The first-order chi connectivity index (χ1) is 9.79. The van der Waals surface area contributed by atoms with Gasteiger partial charge < -0.3 is 10.1 Å². The average Bonchev–Trinajstić information content (AvgIpc) is 2.50.